The number of piperazine rings is 1. The van der Waals surface area contributed by atoms with Crippen molar-refractivity contribution in [2.45, 2.75) is 19.9 Å². The quantitative estimate of drug-likeness (QED) is 0.927. The first-order valence-electron chi connectivity index (χ1n) is 7.21. The lowest BCUT2D eigenvalue weighted by Gasteiger charge is -2.33. The number of amides is 1. The third kappa shape index (κ3) is 2.84. The van der Waals surface area contributed by atoms with Crippen LogP contribution in [0.5, 0.6) is 0 Å². The van der Waals surface area contributed by atoms with E-state index in [-0.39, 0.29) is 11.9 Å². The molecule has 0 radical (unpaired) electrons. The number of nitrogens with one attached hydrogen (secondary N) is 1. The van der Waals surface area contributed by atoms with Gasteiger partial charge in [-0.25, -0.2) is 4.98 Å². The standard InChI is InChI=1S/C16H19N3OS/c1-11-10-17-8-9-19(11)16(20)14-12(2)18-15(21-14)13-6-4-3-5-7-13/h3-7,11,17H,8-10H2,1-2H3/t11-/m0/s1. The molecule has 21 heavy (non-hydrogen) atoms. The molecule has 1 aromatic heterocycles. The van der Waals surface area contributed by atoms with E-state index in [4.69, 9.17) is 0 Å². The first-order chi connectivity index (χ1) is 10.2. The molecule has 2 aromatic rings. The Balaban J connectivity index is 1.89. The van der Waals surface area contributed by atoms with Gasteiger partial charge in [0.05, 0.1) is 5.69 Å². The Hall–Kier alpha value is -1.72. The van der Waals surface area contributed by atoms with E-state index < -0.39 is 0 Å². The summed E-state index contributed by atoms with van der Waals surface area (Å²) in [5.74, 6) is 0.112. The fourth-order valence-electron chi connectivity index (χ4n) is 2.57. The summed E-state index contributed by atoms with van der Waals surface area (Å²) < 4.78 is 0. The van der Waals surface area contributed by atoms with Gasteiger partial charge < -0.3 is 10.2 Å². The van der Waals surface area contributed by atoms with Gasteiger partial charge in [-0.3, -0.25) is 4.79 Å². The predicted octanol–water partition coefficient (Wildman–Crippen LogP) is 2.55. The number of aromatic nitrogens is 1. The molecular weight excluding hydrogens is 282 g/mol. The van der Waals surface area contributed by atoms with Crippen LogP contribution in [0.1, 0.15) is 22.3 Å². The number of rotatable bonds is 2. The van der Waals surface area contributed by atoms with Crippen molar-refractivity contribution < 1.29 is 4.79 Å². The Labute approximate surface area is 128 Å². The average Bonchev–Trinajstić information content (AvgIpc) is 2.90. The van der Waals surface area contributed by atoms with Gasteiger partial charge in [0.2, 0.25) is 0 Å². The zero-order valence-electron chi connectivity index (χ0n) is 12.3. The van der Waals surface area contributed by atoms with Gasteiger partial charge in [0.25, 0.3) is 5.91 Å². The highest BCUT2D eigenvalue weighted by Crippen LogP contribution is 2.29. The maximum atomic E-state index is 12.7. The first kappa shape index (κ1) is 14.2. The molecule has 0 saturated carbocycles. The lowest BCUT2D eigenvalue weighted by molar-refractivity contribution is 0.0660. The third-order valence-corrected chi connectivity index (χ3v) is 4.97. The number of thiazole rings is 1. The second kappa shape index (κ2) is 5.95. The van der Waals surface area contributed by atoms with Crippen molar-refractivity contribution in [2.75, 3.05) is 19.6 Å². The van der Waals surface area contributed by atoms with Crippen molar-refractivity contribution in [3.8, 4) is 10.6 Å². The van der Waals surface area contributed by atoms with Crippen molar-refractivity contribution in [1.82, 2.24) is 15.2 Å². The SMILES string of the molecule is Cc1nc(-c2ccccc2)sc1C(=O)N1CCNC[C@@H]1C. The number of carbonyl (C=O) groups excluding carboxylic acids is 1. The topological polar surface area (TPSA) is 45.2 Å². The largest absolute Gasteiger partial charge is 0.333 e. The van der Waals surface area contributed by atoms with Gasteiger partial charge in [-0.1, -0.05) is 30.3 Å². The van der Waals surface area contributed by atoms with Crippen LogP contribution < -0.4 is 5.32 Å². The number of benzene rings is 1. The molecule has 0 bridgehead atoms. The van der Waals surface area contributed by atoms with Crippen molar-refractivity contribution >= 4 is 17.2 Å². The predicted molar refractivity (Wildman–Crippen MR) is 85.7 cm³/mol. The summed E-state index contributed by atoms with van der Waals surface area (Å²) >= 11 is 1.49. The van der Waals surface area contributed by atoms with Gasteiger partial charge >= 0.3 is 0 Å². The molecule has 1 atom stereocenters. The van der Waals surface area contributed by atoms with Crippen LogP contribution in [-0.2, 0) is 0 Å². The highest BCUT2D eigenvalue weighted by molar-refractivity contribution is 7.17. The lowest BCUT2D eigenvalue weighted by Crippen LogP contribution is -2.52. The second-order valence-corrected chi connectivity index (χ2v) is 6.35. The average molecular weight is 301 g/mol. The van der Waals surface area contributed by atoms with E-state index in [0.29, 0.717) is 0 Å². The van der Waals surface area contributed by atoms with E-state index in [1.165, 1.54) is 11.3 Å². The lowest BCUT2D eigenvalue weighted by atomic mass is 10.2. The third-order valence-electron chi connectivity index (χ3n) is 3.77. The van der Waals surface area contributed by atoms with Crippen LogP contribution in [0.3, 0.4) is 0 Å². The van der Waals surface area contributed by atoms with E-state index in [9.17, 15) is 4.79 Å². The summed E-state index contributed by atoms with van der Waals surface area (Å²) in [5, 5.41) is 4.23. The Morgan fingerprint density at radius 3 is 2.86 bits per heavy atom. The number of hydrogen-bond donors (Lipinski definition) is 1. The summed E-state index contributed by atoms with van der Waals surface area (Å²) in [6.45, 7) is 6.48. The van der Waals surface area contributed by atoms with Crippen LogP contribution in [0.2, 0.25) is 0 Å². The zero-order chi connectivity index (χ0) is 14.8. The van der Waals surface area contributed by atoms with Crippen molar-refractivity contribution in [2.24, 2.45) is 0 Å². The van der Waals surface area contributed by atoms with Gasteiger partial charge in [-0.05, 0) is 13.8 Å². The Morgan fingerprint density at radius 1 is 1.38 bits per heavy atom. The van der Waals surface area contributed by atoms with E-state index in [2.05, 4.69) is 17.2 Å². The maximum Gasteiger partial charge on any atom is 0.266 e. The van der Waals surface area contributed by atoms with Crippen molar-refractivity contribution in [3.63, 3.8) is 0 Å². The molecule has 1 amide bonds. The van der Waals surface area contributed by atoms with E-state index in [0.717, 1.165) is 40.8 Å². The molecule has 0 aliphatic carbocycles. The number of hydrogen-bond acceptors (Lipinski definition) is 4. The molecule has 4 nitrogen and oxygen atoms in total. The Morgan fingerprint density at radius 2 is 2.14 bits per heavy atom. The minimum absolute atomic E-state index is 0.112. The summed E-state index contributed by atoms with van der Waals surface area (Å²) in [6.07, 6.45) is 0. The van der Waals surface area contributed by atoms with E-state index in [1.807, 2.05) is 42.2 Å². The van der Waals surface area contributed by atoms with Crippen molar-refractivity contribution in [1.29, 1.82) is 0 Å². The Kier molecular flexibility index (Phi) is 4.03. The van der Waals surface area contributed by atoms with Crippen LogP contribution >= 0.6 is 11.3 Å². The van der Waals surface area contributed by atoms with Gasteiger partial charge in [0, 0.05) is 31.2 Å². The maximum absolute atomic E-state index is 12.7. The fraction of sp³-hybridized carbons (Fsp3) is 0.375. The van der Waals surface area contributed by atoms with Gasteiger partial charge in [0.1, 0.15) is 9.88 Å². The Bertz CT molecular complexity index is 638. The molecule has 0 unspecified atom stereocenters. The molecule has 1 fully saturated rings. The van der Waals surface area contributed by atoms with Gasteiger partial charge in [0.15, 0.2) is 0 Å². The highest BCUT2D eigenvalue weighted by atomic mass is 32.1. The molecule has 5 heteroatoms. The summed E-state index contributed by atoms with van der Waals surface area (Å²) in [4.78, 5) is 20.0. The smallest absolute Gasteiger partial charge is 0.266 e. The van der Waals surface area contributed by atoms with Crippen LogP contribution in [0, 0.1) is 6.92 Å². The molecule has 1 saturated heterocycles. The number of carbonyl (C=O) groups is 1. The molecule has 0 spiro atoms. The van der Waals surface area contributed by atoms with E-state index in [1.54, 1.807) is 0 Å². The fourth-order valence-corrected chi connectivity index (χ4v) is 3.60. The molecule has 3 rings (SSSR count). The number of aryl methyl sites for hydroxylation is 1. The summed E-state index contributed by atoms with van der Waals surface area (Å²) in [6, 6.07) is 10.3. The van der Waals surface area contributed by atoms with Crippen LogP contribution in [-0.4, -0.2) is 41.5 Å². The van der Waals surface area contributed by atoms with Crippen molar-refractivity contribution in [3.05, 3.63) is 40.9 Å². The first-order valence-corrected chi connectivity index (χ1v) is 8.03. The molecule has 2 heterocycles. The monoisotopic (exact) mass is 301 g/mol. The molecule has 110 valence electrons. The number of nitrogens with zero attached hydrogens (tertiary/aromatic N) is 2. The van der Waals surface area contributed by atoms with Gasteiger partial charge in [-0.15, -0.1) is 11.3 Å². The molecule has 1 aliphatic heterocycles. The minimum Gasteiger partial charge on any atom is -0.333 e. The zero-order valence-corrected chi connectivity index (χ0v) is 13.1. The molecule has 1 N–H and O–H groups in total. The van der Waals surface area contributed by atoms with Crippen LogP contribution in [0.4, 0.5) is 0 Å². The second-order valence-electron chi connectivity index (χ2n) is 5.35. The highest BCUT2D eigenvalue weighted by Gasteiger charge is 2.27. The normalized spacial score (nSPS) is 18.8. The molecule has 1 aromatic carbocycles. The summed E-state index contributed by atoms with van der Waals surface area (Å²) in [7, 11) is 0. The van der Waals surface area contributed by atoms with Crippen LogP contribution in [0.15, 0.2) is 30.3 Å². The van der Waals surface area contributed by atoms with E-state index >= 15 is 0 Å². The minimum atomic E-state index is 0.112. The summed E-state index contributed by atoms with van der Waals surface area (Å²) in [5.41, 5.74) is 1.90. The van der Waals surface area contributed by atoms with Crippen LogP contribution in [0.25, 0.3) is 10.6 Å². The van der Waals surface area contributed by atoms with Gasteiger partial charge in [-0.2, -0.15) is 0 Å². The molecule has 1 aliphatic rings. The molecular formula is C16H19N3OS.